The van der Waals surface area contributed by atoms with Crippen LogP contribution in [0.4, 0.5) is 0 Å². The summed E-state index contributed by atoms with van der Waals surface area (Å²) in [6.45, 7) is 0.745. The van der Waals surface area contributed by atoms with Crippen LogP contribution >= 0.6 is 11.8 Å². The van der Waals surface area contributed by atoms with Crippen LogP contribution in [0.2, 0.25) is 0 Å². The molecule has 0 aliphatic carbocycles. The Morgan fingerprint density at radius 1 is 1.56 bits per heavy atom. The Hall–Kier alpha value is -0.153. The second-order valence-electron chi connectivity index (χ2n) is 4.90. The van der Waals surface area contributed by atoms with Crippen LogP contribution < -0.4 is 18.9 Å². The molecule has 0 aromatic heterocycles. The molecule has 0 aromatic carbocycles. The van der Waals surface area contributed by atoms with Crippen LogP contribution in [0.5, 0.6) is 0 Å². The number of carboxylic acids is 1. The standard InChI is InChI=1S/C11H15N2O3S.Li/c14-9(15)7-2-5-17-8-6-11(3-1-4-12-11)10(16)13(7)8;/h7-8H,1-6H2,(H,14,15);/q-1;+1/t7-,8-,11-;/m1./s1. The first-order valence-electron chi connectivity index (χ1n) is 6.00. The minimum Gasteiger partial charge on any atom is -0.649 e. The Balaban J connectivity index is 0.00000120. The van der Waals surface area contributed by atoms with Crippen molar-refractivity contribution in [3.63, 3.8) is 0 Å². The molecule has 94 valence electrons. The summed E-state index contributed by atoms with van der Waals surface area (Å²) in [4.78, 5) is 25.2. The van der Waals surface area contributed by atoms with E-state index in [0.717, 1.165) is 25.1 Å². The third-order valence-electron chi connectivity index (χ3n) is 3.94. The predicted octanol–water partition coefficient (Wildman–Crippen LogP) is -1.95. The van der Waals surface area contributed by atoms with Crippen molar-refractivity contribution in [2.75, 3.05) is 12.3 Å². The molecule has 0 unspecified atom stereocenters. The molecule has 0 aromatic rings. The molecular weight excluding hydrogens is 247 g/mol. The van der Waals surface area contributed by atoms with Gasteiger partial charge in [0.1, 0.15) is 6.04 Å². The van der Waals surface area contributed by atoms with Gasteiger partial charge in [-0.3, -0.25) is 4.79 Å². The average Bonchev–Trinajstić information content (AvgIpc) is 2.87. The Labute approximate surface area is 122 Å². The molecule has 3 fully saturated rings. The van der Waals surface area contributed by atoms with E-state index in [1.54, 1.807) is 16.7 Å². The zero-order valence-corrected chi connectivity index (χ0v) is 11.3. The molecule has 3 atom stereocenters. The summed E-state index contributed by atoms with van der Waals surface area (Å²) < 4.78 is 0. The first-order valence-corrected chi connectivity index (χ1v) is 7.05. The van der Waals surface area contributed by atoms with Crippen LogP contribution in [0, 0.1) is 0 Å². The van der Waals surface area contributed by atoms with Gasteiger partial charge in [0.25, 0.3) is 0 Å². The number of aliphatic carboxylic acids is 1. The van der Waals surface area contributed by atoms with Crippen LogP contribution in [-0.4, -0.2) is 51.1 Å². The largest absolute Gasteiger partial charge is 1.00 e. The van der Waals surface area contributed by atoms with E-state index in [1.807, 2.05) is 0 Å². The SMILES string of the molecule is O=C(O)[C@H]1CCS[C@@H]2C[C@]3(CCC[N-]3)C(=O)N12.[Li+]. The van der Waals surface area contributed by atoms with E-state index in [0.29, 0.717) is 12.8 Å². The average molecular weight is 262 g/mol. The molecule has 3 aliphatic heterocycles. The van der Waals surface area contributed by atoms with Gasteiger partial charge in [-0.25, -0.2) is 4.79 Å². The summed E-state index contributed by atoms with van der Waals surface area (Å²) in [5.74, 6) is -0.0973. The van der Waals surface area contributed by atoms with Crippen molar-refractivity contribution in [1.82, 2.24) is 4.90 Å². The van der Waals surface area contributed by atoms with Gasteiger partial charge >= 0.3 is 24.8 Å². The van der Waals surface area contributed by atoms with Crippen LogP contribution in [0.1, 0.15) is 25.7 Å². The van der Waals surface area contributed by atoms with Gasteiger partial charge in [0.2, 0.25) is 5.91 Å². The van der Waals surface area contributed by atoms with E-state index in [9.17, 15) is 14.7 Å². The summed E-state index contributed by atoms with van der Waals surface area (Å²) in [5, 5.41) is 13.7. The number of hydrogen-bond donors (Lipinski definition) is 1. The number of carboxylic acid groups (broad SMARTS) is 1. The topological polar surface area (TPSA) is 71.7 Å². The third-order valence-corrected chi connectivity index (χ3v) is 5.19. The smallest absolute Gasteiger partial charge is 0.649 e. The van der Waals surface area contributed by atoms with Crippen molar-refractivity contribution >= 4 is 23.6 Å². The molecule has 5 nitrogen and oxygen atoms in total. The molecule has 0 saturated carbocycles. The molecule has 1 N–H and O–H groups in total. The van der Waals surface area contributed by atoms with E-state index in [4.69, 9.17) is 0 Å². The van der Waals surface area contributed by atoms with Gasteiger partial charge in [-0.2, -0.15) is 0 Å². The van der Waals surface area contributed by atoms with Crippen LogP contribution in [0.25, 0.3) is 5.32 Å². The molecule has 3 rings (SSSR count). The predicted molar refractivity (Wildman–Crippen MR) is 63.9 cm³/mol. The molecule has 1 spiro atoms. The quantitative estimate of drug-likeness (QED) is 0.557. The fraction of sp³-hybridized carbons (Fsp3) is 0.818. The summed E-state index contributed by atoms with van der Waals surface area (Å²) in [6, 6.07) is -0.635. The van der Waals surface area contributed by atoms with E-state index < -0.39 is 17.6 Å². The molecule has 3 saturated heterocycles. The van der Waals surface area contributed by atoms with Gasteiger partial charge in [-0.05, 0) is 24.1 Å². The maximum absolute atomic E-state index is 12.4. The zero-order valence-electron chi connectivity index (χ0n) is 10.5. The number of thioether (sulfide) groups is 1. The van der Waals surface area contributed by atoms with E-state index in [-0.39, 0.29) is 30.1 Å². The number of rotatable bonds is 1. The Bertz CT molecular complexity index is 373. The molecule has 7 heteroatoms. The monoisotopic (exact) mass is 262 g/mol. The molecular formula is C11H15LiN2O3S. The van der Waals surface area contributed by atoms with E-state index >= 15 is 0 Å². The van der Waals surface area contributed by atoms with Crippen molar-refractivity contribution in [1.29, 1.82) is 0 Å². The number of carbonyl (C=O) groups is 2. The second-order valence-corrected chi connectivity index (χ2v) is 6.19. The molecule has 1 amide bonds. The Morgan fingerprint density at radius 2 is 2.33 bits per heavy atom. The second kappa shape index (κ2) is 5.08. The van der Waals surface area contributed by atoms with Gasteiger partial charge in [0, 0.05) is 0 Å². The van der Waals surface area contributed by atoms with Crippen LogP contribution in [-0.2, 0) is 9.59 Å². The number of hydrogen-bond acceptors (Lipinski definition) is 3. The number of fused-ring (bicyclic) bond motifs is 1. The minimum absolute atomic E-state index is 0. The van der Waals surface area contributed by atoms with E-state index in [2.05, 4.69) is 5.32 Å². The first-order chi connectivity index (χ1) is 8.14. The maximum Gasteiger partial charge on any atom is 1.00 e. The normalized spacial score (nSPS) is 38.7. The molecule has 3 heterocycles. The number of amides is 1. The van der Waals surface area contributed by atoms with Crippen molar-refractivity contribution in [3.8, 4) is 0 Å². The van der Waals surface area contributed by atoms with Crippen molar-refractivity contribution in [2.45, 2.75) is 42.6 Å². The summed E-state index contributed by atoms with van der Waals surface area (Å²) in [7, 11) is 0. The summed E-state index contributed by atoms with van der Waals surface area (Å²) in [5.41, 5.74) is -0.574. The van der Waals surface area contributed by atoms with Crippen LogP contribution in [0.15, 0.2) is 0 Å². The molecule has 0 radical (unpaired) electrons. The molecule has 0 bridgehead atoms. The van der Waals surface area contributed by atoms with Crippen molar-refractivity contribution in [3.05, 3.63) is 5.32 Å². The van der Waals surface area contributed by atoms with Gasteiger partial charge in [0.15, 0.2) is 0 Å². The fourth-order valence-corrected chi connectivity index (χ4v) is 4.54. The molecule has 3 aliphatic rings. The van der Waals surface area contributed by atoms with Gasteiger partial charge in [0.05, 0.1) is 5.37 Å². The fourth-order valence-electron chi connectivity index (χ4n) is 3.11. The van der Waals surface area contributed by atoms with Gasteiger partial charge in [-0.1, -0.05) is 12.8 Å². The first kappa shape index (κ1) is 14.3. The van der Waals surface area contributed by atoms with Crippen molar-refractivity contribution in [2.24, 2.45) is 0 Å². The maximum atomic E-state index is 12.4. The summed E-state index contributed by atoms with van der Waals surface area (Å²) in [6.07, 6.45) is 3.01. The van der Waals surface area contributed by atoms with Crippen molar-refractivity contribution < 1.29 is 33.6 Å². The Kier molecular flexibility index (Phi) is 4.03. The van der Waals surface area contributed by atoms with Gasteiger partial charge < -0.3 is 15.3 Å². The third kappa shape index (κ3) is 1.99. The number of carbonyl (C=O) groups excluding carboxylic acids is 1. The van der Waals surface area contributed by atoms with E-state index in [1.165, 1.54) is 0 Å². The van der Waals surface area contributed by atoms with Crippen LogP contribution in [0.3, 0.4) is 0 Å². The summed E-state index contributed by atoms with van der Waals surface area (Å²) >= 11 is 1.70. The van der Waals surface area contributed by atoms with Gasteiger partial charge in [-0.15, -0.1) is 18.3 Å². The Morgan fingerprint density at radius 3 is 2.94 bits per heavy atom. The molecule has 18 heavy (non-hydrogen) atoms. The minimum atomic E-state index is -0.876. The number of nitrogens with zero attached hydrogens (tertiary/aromatic N) is 2. The zero-order chi connectivity index (χ0) is 12.0.